The highest BCUT2D eigenvalue weighted by Crippen LogP contribution is 2.25. The van der Waals surface area contributed by atoms with Crippen molar-refractivity contribution >= 4 is 5.97 Å². The zero-order chi connectivity index (χ0) is 47.0. The first-order chi connectivity index (χ1) is 28.4. The number of esters is 1. The lowest BCUT2D eigenvalue weighted by atomic mass is 10.00. The van der Waals surface area contributed by atoms with E-state index < -0.39 is 155 Å². The van der Waals surface area contributed by atoms with Gasteiger partial charge in [-0.2, -0.15) is 0 Å². The van der Waals surface area contributed by atoms with Gasteiger partial charge in [-0.1, -0.05) is 0 Å². The third-order valence-corrected chi connectivity index (χ3v) is 8.95. The molecule has 0 bridgehead atoms. The molecule has 4 fully saturated rings. The predicted octanol–water partition coefficient (Wildman–Crippen LogP) is -11.6. The van der Waals surface area contributed by atoms with Crippen molar-refractivity contribution in [2.45, 2.75) is 130 Å². The molecule has 0 saturated carbocycles. The maximum Gasteiger partial charge on any atom is 0.338 e. The van der Waals surface area contributed by atoms with Crippen LogP contribution < -0.4 is 0 Å². The molecule has 0 aliphatic carbocycles. The molecular formula is C33H58O28. The summed E-state index contributed by atoms with van der Waals surface area (Å²) in [6.45, 7) is -0.132. The number of carbonyl (C=O) groups is 1. The molecule has 0 spiro atoms. The SMILES string of the molecule is CCOC(=O)c1ccc(O)c(O)c1.OC[C@H]1OC(O)[C@H](O)[C@@H](O)[C@@H]1O.OC[C@H]1OC(O)[C@H](O)[C@@H](O)[C@@H]1O.OC[C@H]1OC(O)[C@H](O)[C@@H](O)[C@@H]1O.OC[C@H]1OC(O)[C@H](O)[C@@H](O)[C@@H]1O. The largest absolute Gasteiger partial charge is 0.504 e. The topological polar surface area (TPSA) is 508 Å². The molecule has 61 heavy (non-hydrogen) atoms. The minimum Gasteiger partial charge on any atom is -0.504 e. The third kappa shape index (κ3) is 15.8. The Hall–Kier alpha value is -2.67. The smallest absolute Gasteiger partial charge is 0.338 e. The molecule has 4 aliphatic heterocycles. The van der Waals surface area contributed by atoms with E-state index in [1.807, 2.05) is 0 Å². The molecule has 1 aromatic rings. The molecule has 4 aliphatic rings. The van der Waals surface area contributed by atoms with Gasteiger partial charge in [0.25, 0.3) is 0 Å². The number of carbonyl (C=O) groups excluding carboxylic acids is 1. The van der Waals surface area contributed by atoms with Crippen LogP contribution in [-0.4, -0.2) is 274 Å². The average Bonchev–Trinajstić information content (AvgIpc) is 3.24. The van der Waals surface area contributed by atoms with Crippen molar-refractivity contribution in [3.8, 4) is 11.5 Å². The number of aliphatic hydroxyl groups is 20. The normalized spacial score (nSPS) is 40.8. The lowest BCUT2D eigenvalue weighted by Crippen LogP contribution is -2.58. The number of phenolic OH excluding ortho intramolecular Hbond substituents is 2. The van der Waals surface area contributed by atoms with Gasteiger partial charge in [0.05, 0.1) is 38.6 Å². The summed E-state index contributed by atoms with van der Waals surface area (Å²) < 4.78 is 23.0. The van der Waals surface area contributed by atoms with Gasteiger partial charge < -0.3 is 136 Å². The number of hydrogen-bond acceptors (Lipinski definition) is 28. The minimum absolute atomic E-state index is 0.220. The van der Waals surface area contributed by atoms with Crippen molar-refractivity contribution in [1.82, 2.24) is 0 Å². The molecule has 0 amide bonds. The van der Waals surface area contributed by atoms with Crippen LogP contribution in [0.2, 0.25) is 0 Å². The van der Waals surface area contributed by atoms with Crippen molar-refractivity contribution < 1.29 is 141 Å². The third-order valence-electron chi connectivity index (χ3n) is 8.95. The van der Waals surface area contributed by atoms with Crippen LogP contribution in [0, 0.1) is 0 Å². The first kappa shape index (κ1) is 56.3. The molecule has 28 nitrogen and oxygen atoms in total. The van der Waals surface area contributed by atoms with Gasteiger partial charge in [0.15, 0.2) is 36.7 Å². The molecule has 20 atom stereocenters. The lowest BCUT2D eigenvalue weighted by molar-refractivity contribution is -0.286. The van der Waals surface area contributed by atoms with Gasteiger partial charge in [-0.05, 0) is 25.1 Å². The van der Waals surface area contributed by atoms with E-state index in [0.717, 1.165) is 6.07 Å². The second-order valence-electron chi connectivity index (χ2n) is 13.3. The molecular weight excluding hydrogens is 844 g/mol. The van der Waals surface area contributed by atoms with Crippen LogP contribution in [0.3, 0.4) is 0 Å². The fourth-order valence-corrected chi connectivity index (χ4v) is 5.19. The van der Waals surface area contributed by atoms with Crippen LogP contribution in [0.15, 0.2) is 18.2 Å². The van der Waals surface area contributed by atoms with E-state index in [0.29, 0.717) is 0 Å². The van der Waals surface area contributed by atoms with Crippen molar-refractivity contribution in [2.75, 3.05) is 33.0 Å². The molecule has 4 saturated heterocycles. The zero-order valence-corrected chi connectivity index (χ0v) is 32.1. The summed E-state index contributed by atoms with van der Waals surface area (Å²) in [5, 5.41) is 197. The predicted molar refractivity (Wildman–Crippen MR) is 190 cm³/mol. The molecule has 4 unspecified atom stereocenters. The van der Waals surface area contributed by atoms with E-state index in [2.05, 4.69) is 18.9 Å². The first-order valence-corrected chi connectivity index (χ1v) is 18.1. The highest BCUT2D eigenvalue weighted by atomic mass is 16.7. The monoisotopic (exact) mass is 902 g/mol. The molecule has 4 heterocycles. The number of aliphatic hydroxyl groups excluding tert-OH is 20. The summed E-state index contributed by atoms with van der Waals surface area (Å²) in [5.74, 6) is -1.10. The molecule has 0 aromatic heterocycles. The summed E-state index contributed by atoms with van der Waals surface area (Å²) in [6.07, 6.45) is -28.2. The van der Waals surface area contributed by atoms with Crippen LogP contribution in [0.1, 0.15) is 17.3 Å². The second kappa shape index (κ2) is 26.8. The molecule has 28 heteroatoms. The average molecular weight is 903 g/mol. The summed E-state index contributed by atoms with van der Waals surface area (Å²) in [5.41, 5.74) is 0.220. The van der Waals surface area contributed by atoms with Crippen molar-refractivity contribution in [1.29, 1.82) is 0 Å². The van der Waals surface area contributed by atoms with Gasteiger partial charge in [0, 0.05) is 0 Å². The standard InChI is InChI=1S/C9H10O4.4C6H12O6/c1-2-13-9(12)6-3-4-7(10)8(11)5-6;4*7-1-2-3(8)4(9)5(10)6(11)12-2/h3-5,10-11H,2H2,1H3;4*2-11H,1H2/t;4*2-,3-,4+,5-,6?/m.1111/s1. The number of hydrogen-bond donors (Lipinski definition) is 22. The van der Waals surface area contributed by atoms with E-state index in [4.69, 9.17) is 117 Å². The van der Waals surface area contributed by atoms with E-state index in [9.17, 15) is 4.79 Å². The molecule has 358 valence electrons. The minimum atomic E-state index is -1.57. The van der Waals surface area contributed by atoms with Gasteiger partial charge in [-0.15, -0.1) is 0 Å². The van der Waals surface area contributed by atoms with Crippen molar-refractivity contribution in [2.24, 2.45) is 0 Å². The van der Waals surface area contributed by atoms with Crippen molar-refractivity contribution in [3.05, 3.63) is 23.8 Å². The van der Waals surface area contributed by atoms with E-state index in [1.54, 1.807) is 6.92 Å². The Labute approximate surface area is 344 Å². The quantitative estimate of drug-likeness (QED) is 0.0931. The number of rotatable bonds is 6. The number of ether oxygens (including phenoxy) is 5. The van der Waals surface area contributed by atoms with E-state index in [-0.39, 0.29) is 23.7 Å². The van der Waals surface area contributed by atoms with Gasteiger partial charge in [0.2, 0.25) is 0 Å². The van der Waals surface area contributed by atoms with Gasteiger partial charge in [-0.25, -0.2) is 4.79 Å². The first-order valence-electron chi connectivity index (χ1n) is 18.1. The van der Waals surface area contributed by atoms with Crippen LogP contribution >= 0.6 is 0 Å². The Balaban J connectivity index is 0.000000381. The highest BCUT2D eigenvalue weighted by Gasteiger charge is 2.45. The van der Waals surface area contributed by atoms with Crippen LogP contribution in [-0.2, 0) is 23.7 Å². The van der Waals surface area contributed by atoms with E-state index in [1.165, 1.54) is 12.1 Å². The molecule has 5 rings (SSSR count). The summed E-state index contributed by atoms with van der Waals surface area (Å²) in [6, 6.07) is 3.78. The molecule has 1 aromatic carbocycles. The van der Waals surface area contributed by atoms with Crippen molar-refractivity contribution in [3.63, 3.8) is 0 Å². The van der Waals surface area contributed by atoms with Crippen LogP contribution in [0.5, 0.6) is 11.5 Å². The maximum atomic E-state index is 11.1. The number of phenols is 2. The summed E-state index contributed by atoms with van der Waals surface area (Å²) in [4.78, 5) is 11.1. The van der Waals surface area contributed by atoms with Gasteiger partial charge >= 0.3 is 5.97 Å². The van der Waals surface area contributed by atoms with Crippen LogP contribution in [0.4, 0.5) is 0 Å². The van der Waals surface area contributed by atoms with Gasteiger partial charge in [-0.3, -0.25) is 0 Å². The molecule has 22 N–H and O–H groups in total. The summed E-state index contributed by atoms with van der Waals surface area (Å²) >= 11 is 0. The number of aromatic hydroxyl groups is 2. The summed E-state index contributed by atoms with van der Waals surface area (Å²) in [7, 11) is 0. The van der Waals surface area contributed by atoms with Gasteiger partial charge in [0.1, 0.15) is 97.7 Å². The fourth-order valence-electron chi connectivity index (χ4n) is 5.19. The Morgan fingerprint density at radius 2 is 0.705 bits per heavy atom. The second-order valence-corrected chi connectivity index (χ2v) is 13.3. The maximum absolute atomic E-state index is 11.1. The zero-order valence-electron chi connectivity index (χ0n) is 32.1. The lowest BCUT2D eigenvalue weighted by Gasteiger charge is -2.37. The fraction of sp³-hybridized carbons (Fsp3) is 0.788. The Bertz CT molecular complexity index is 1220. The number of benzene rings is 1. The highest BCUT2D eigenvalue weighted by molar-refractivity contribution is 5.90. The Morgan fingerprint density at radius 1 is 0.443 bits per heavy atom. The molecule has 0 radical (unpaired) electrons. The van der Waals surface area contributed by atoms with Crippen LogP contribution in [0.25, 0.3) is 0 Å². The Morgan fingerprint density at radius 3 is 0.918 bits per heavy atom. The Kier molecular flexibility index (Phi) is 24.8. The van der Waals surface area contributed by atoms with E-state index >= 15 is 0 Å².